The summed E-state index contributed by atoms with van der Waals surface area (Å²) in [6, 6.07) is -0.0818. The molecule has 2 fully saturated rings. The van der Waals surface area contributed by atoms with Crippen LogP contribution in [-0.2, 0) is 4.79 Å². The number of fused-ring (bicyclic) bond motifs is 2. The van der Waals surface area contributed by atoms with Crippen molar-refractivity contribution in [3.05, 3.63) is 22.6 Å². The van der Waals surface area contributed by atoms with Crippen molar-refractivity contribution in [1.29, 1.82) is 0 Å². The molecule has 3 heterocycles. The number of hydrogen-bond donors (Lipinski definition) is 1. The molecule has 5 heteroatoms. The number of hydrogen-bond acceptors (Lipinski definition) is 3. The SMILES string of the molecule is Cc1oc(C)c(C(=O)N2C3CCC2C(C(=O)O)C3)c1C. The van der Waals surface area contributed by atoms with Gasteiger partial charge in [-0.05, 0) is 40.0 Å². The van der Waals surface area contributed by atoms with Gasteiger partial charge in [0.15, 0.2) is 0 Å². The first-order valence-electron chi connectivity index (χ1n) is 7.04. The van der Waals surface area contributed by atoms with E-state index in [0.29, 0.717) is 17.7 Å². The zero-order valence-corrected chi connectivity index (χ0v) is 12.0. The minimum absolute atomic E-state index is 0.0619. The van der Waals surface area contributed by atoms with Gasteiger partial charge < -0.3 is 14.4 Å². The van der Waals surface area contributed by atoms with E-state index in [-0.39, 0.29) is 18.0 Å². The molecule has 3 rings (SSSR count). The molecule has 1 amide bonds. The van der Waals surface area contributed by atoms with E-state index in [4.69, 9.17) is 4.42 Å². The van der Waals surface area contributed by atoms with Gasteiger partial charge in [-0.1, -0.05) is 0 Å². The molecule has 3 unspecified atom stereocenters. The molecule has 0 saturated carbocycles. The third-order valence-corrected chi connectivity index (χ3v) is 4.86. The van der Waals surface area contributed by atoms with Crippen LogP contribution in [0.1, 0.15) is 46.7 Å². The summed E-state index contributed by atoms with van der Waals surface area (Å²) < 4.78 is 5.53. The van der Waals surface area contributed by atoms with Crippen LogP contribution in [0.3, 0.4) is 0 Å². The lowest BCUT2D eigenvalue weighted by molar-refractivity contribution is -0.142. The monoisotopic (exact) mass is 277 g/mol. The standard InChI is InChI=1S/C15H19NO4/c1-7-8(2)20-9(3)13(7)14(17)16-10-4-5-12(16)11(6-10)15(18)19/h10-12H,4-6H2,1-3H3,(H,18,19). The maximum absolute atomic E-state index is 12.8. The number of aryl methyl sites for hydroxylation is 2. The maximum atomic E-state index is 12.8. The first-order chi connectivity index (χ1) is 9.41. The van der Waals surface area contributed by atoms with Crippen LogP contribution < -0.4 is 0 Å². The average molecular weight is 277 g/mol. The zero-order chi connectivity index (χ0) is 14.6. The van der Waals surface area contributed by atoms with Crippen LogP contribution in [0, 0.1) is 26.7 Å². The van der Waals surface area contributed by atoms with Crippen LogP contribution in [-0.4, -0.2) is 34.0 Å². The molecule has 20 heavy (non-hydrogen) atoms. The third-order valence-electron chi connectivity index (χ3n) is 4.86. The molecular weight excluding hydrogens is 258 g/mol. The largest absolute Gasteiger partial charge is 0.481 e. The lowest BCUT2D eigenvalue weighted by atomic mass is 9.89. The number of rotatable bonds is 2. The normalized spacial score (nSPS) is 28.1. The van der Waals surface area contributed by atoms with Crippen LogP contribution in [0.2, 0.25) is 0 Å². The van der Waals surface area contributed by atoms with Crippen molar-refractivity contribution in [3.63, 3.8) is 0 Å². The van der Waals surface area contributed by atoms with E-state index in [2.05, 4.69) is 0 Å². The van der Waals surface area contributed by atoms with E-state index in [1.54, 1.807) is 11.8 Å². The number of carboxylic acid groups (broad SMARTS) is 1. The number of carbonyl (C=O) groups excluding carboxylic acids is 1. The van der Waals surface area contributed by atoms with Gasteiger partial charge in [-0.25, -0.2) is 0 Å². The van der Waals surface area contributed by atoms with E-state index >= 15 is 0 Å². The molecule has 0 spiro atoms. The number of aliphatic carboxylic acids is 1. The van der Waals surface area contributed by atoms with Gasteiger partial charge in [-0.2, -0.15) is 0 Å². The van der Waals surface area contributed by atoms with Gasteiger partial charge in [0.05, 0.1) is 11.5 Å². The topological polar surface area (TPSA) is 70.8 Å². The summed E-state index contributed by atoms with van der Waals surface area (Å²) in [5, 5.41) is 9.26. The molecule has 0 aromatic carbocycles. The van der Waals surface area contributed by atoms with Crippen LogP contribution >= 0.6 is 0 Å². The quantitative estimate of drug-likeness (QED) is 0.900. The molecule has 0 radical (unpaired) electrons. The molecule has 5 nitrogen and oxygen atoms in total. The molecule has 1 aromatic heterocycles. The van der Waals surface area contributed by atoms with Gasteiger partial charge in [-0.3, -0.25) is 9.59 Å². The minimum Gasteiger partial charge on any atom is -0.481 e. The number of carbonyl (C=O) groups is 2. The summed E-state index contributed by atoms with van der Waals surface area (Å²) in [4.78, 5) is 25.9. The summed E-state index contributed by atoms with van der Waals surface area (Å²) in [7, 11) is 0. The third kappa shape index (κ3) is 1.69. The Kier molecular flexibility index (Phi) is 2.88. The van der Waals surface area contributed by atoms with E-state index in [9.17, 15) is 14.7 Å². The Morgan fingerprint density at radius 2 is 1.90 bits per heavy atom. The summed E-state index contributed by atoms with van der Waals surface area (Å²) in [5.41, 5.74) is 1.48. The van der Waals surface area contributed by atoms with Gasteiger partial charge in [-0.15, -0.1) is 0 Å². The predicted octanol–water partition coefficient (Wildman–Crippen LogP) is 2.28. The second-order valence-electron chi connectivity index (χ2n) is 5.91. The van der Waals surface area contributed by atoms with Gasteiger partial charge in [0.25, 0.3) is 5.91 Å². The van der Waals surface area contributed by atoms with E-state index in [1.807, 2.05) is 13.8 Å². The zero-order valence-electron chi connectivity index (χ0n) is 12.0. The van der Waals surface area contributed by atoms with Crippen molar-refractivity contribution in [3.8, 4) is 0 Å². The van der Waals surface area contributed by atoms with Crippen LogP contribution in [0.15, 0.2) is 4.42 Å². The summed E-state index contributed by atoms with van der Waals surface area (Å²) >= 11 is 0. The van der Waals surface area contributed by atoms with Crippen molar-refractivity contribution in [1.82, 2.24) is 4.90 Å². The maximum Gasteiger partial charge on any atom is 0.308 e. The highest BCUT2D eigenvalue weighted by Crippen LogP contribution is 2.43. The van der Waals surface area contributed by atoms with Crippen LogP contribution in [0.5, 0.6) is 0 Å². The molecule has 1 aromatic rings. The highest BCUT2D eigenvalue weighted by Gasteiger charge is 2.51. The fourth-order valence-electron chi connectivity index (χ4n) is 3.81. The highest BCUT2D eigenvalue weighted by atomic mass is 16.4. The Labute approximate surface area is 117 Å². The first kappa shape index (κ1) is 13.2. The summed E-state index contributed by atoms with van der Waals surface area (Å²) in [6.07, 6.45) is 2.29. The summed E-state index contributed by atoms with van der Waals surface area (Å²) in [6.45, 7) is 5.52. The predicted molar refractivity (Wildman–Crippen MR) is 71.6 cm³/mol. The first-order valence-corrected chi connectivity index (χ1v) is 7.04. The van der Waals surface area contributed by atoms with Gasteiger partial charge in [0.2, 0.25) is 0 Å². The molecule has 3 atom stereocenters. The molecule has 2 saturated heterocycles. The molecule has 2 aliphatic rings. The second kappa shape index (κ2) is 4.36. The Bertz CT molecular complexity index is 589. The Balaban J connectivity index is 1.94. The molecule has 2 aliphatic heterocycles. The Hall–Kier alpha value is -1.78. The highest BCUT2D eigenvalue weighted by molar-refractivity contribution is 5.98. The van der Waals surface area contributed by atoms with E-state index in [0.717, 1.165) is 24.2 Å². The molecule has 2 bridgehead atoms. The molecule has 1 N–H and O–H groups in total. The van der Waals surface area contributed by atoms with E-state index < -0.39 is 11.9 Å². The fraction of sp³-hybridized carbons (Fsp3) is 0.600. The lowest BCUT2D eigenvalue weighted by Crippen LogP contribution is -2.38. The van der Waals surface area contributed by atoms with Gasteiger partial charge >= 0.3 is 5.97 Å². The Morgan fingerprint density at radius 1 is 1.20 bits per heavy atom. The van der Waals surface area contributed by atoms with Crippen molar-refractivity contribution >= 4 is 11.9 Å². The minimum atomic E-state index is -0.785. The van der Waals surface area contributed by atoms with Crippen molar-refractivity contribution < 1.29 is 19.1 Å². The lowest BCUT2D eigenvalue weighted by Gasteiger charge is -2.23. The number of furan rings is 1. The Morgan fingerprint density at radius 3 is 2.40 bits per heavy atom. The number of carboxylic acids is 1. The van der Waals surface area contributed by atoms with Crippen LogP contribution in [0.4, 0.5) is 0 Å². The fourth-order valence-corrected chi connectivity index (χ4v) is 3.81. The average Bonchev–Trinajstić information content (AvgIpc) is 3.01. The van der Waals surface area contributed by atoms with Crippen molar-refractivity contribution in [2.75, 3.05) is 0 Å². The molecule has 108 valence electrons. The van der Waals surface area contributed by atoms with Crippen molar-refractivity contribution in [2.24, 2.45) is 5.92 Å². The molecule has 0 aliphatic carbocycles. The second-order valence-corrected chi connectivity index (χ2v) is 5.91. The van der Waals surface area contributed by atoms with Gasteiger partial charge in [0.1, 0.15) is 11.5 Å². The number of nitrogens with zero attached hydrogens (tertiary/aromatic N) is 1. The van der Waals surface area contributed by atoms with Crippen LogP contribution in [0.25, 0.3) is 0 Å². The molecular formula is C15H19NO4. The van der Waals surface area contributed by atoms with E-state index in [1.165, 1.54) is 0 Å². The smallest absolute Gasteiger partial charge is 0.308 e. The summed E-state index contributed by atoms with van der Waals surface area (Å²) in [5.74, 6) is 0.126. The van der Waals surface area contributed by atoms with Crippen molar-refractivity contribution in [2.45, 2.75) is 52.1 Å². The van der Waals surface area contributed by atoms with Gasteiger partial charge in [0, 0.05) is 17.6 Å². The number of amides is 1.